The van der Waals surface area contributed by atoms with Gasteiger partial charge in [0.2, 0.25) is 0 Å². The number of carbonyl (C=O) groups excluding carboxylic acids is 1. The van der Waals surface area contributed by atoms with E-state index in [1.807, 2.05) is 0 Å². The van der Waals surface area contributed by atoms with Crippen molar-refractivity contribution in [1.29, 1.82) is 0 Å². The third-order valence-electron chi connectivity index (χ3n) is 14.1. The first kappa shape index (κ1) is 49.7. The maximum Gasteiger partial charge on any atom is 0.472 e. The molecule has 3 fully saturated rings. The highest BCUT2D eigenvalue weighted by Gasteiger charge is 2.59. The van der Waals surface area contributed by atoms with Gasteiger partial charge in [-0.3, -0.25) is 13.8 Å². The summed E-state index contributed by atoms with van der Waals surface area (Å²) < 4.78 is 54.9. The molecule has 0 spiro atoms. The standard InChI is InChI=1S/C45H81O12P/c1-7-50-29-30-55-58(48,49)57-38(32-46)33-54-28-27-53-26-25-52-24-23-51-22-9-8-13-43(47)56-37-18-20-44(5)36(31-37)14-15-39-41-17-16-40(35(4)12-10-11-34(2)3)45(41,6)21-19-42(39)44/h14,34-35,37-42,46H,7-13,15-33H2,1-6H3,(H,48,49). The Morgan fingerprint density at radius 3 is 2.21 bits per heavy atom. The molecule has 0 saturated heterocycles. The fraction of sp³-hybridized carbons (Fsp3) is 0.933. The molecule has 4 rings (SSSR count). The van der Waals surface area contributed by atoms with Gasteiger partial charge in [0, 0.05) is 26.1 Å². The lowest BCUT2D eigenvalue weighted by Gasteiger charge is -2.58. The van der Waals surface area contributed by atoms with Crippen molar-refractivity contribution in [3.05, 3.63) is 11.6 Å². The summed E-state index contributed by atoms with van der Waals surface area (Å²) in [4.78, 5) is 22.6. The number of phosphoric acid groups is 1. The Labute approximate surface area is 350 Å². The zero-order chi connectivity index (χ0) is 42.0. The highest BCUT2D eigenvalue weighted by Crippen LogP contribution is 2.67. The molecule has 0 bridgehead atoms. The Kier molecular flexibility index (Phi) is 21.7. The van der Waals surface area contributed by atoms with E-state index < -0.39 is 20.5 Å². The highest BCUT2D eigenvalue weighted by molar-refractivity contribution is 7.47. The highest BCUT2D eigenvalue weighted by atomic mass is 31.2. The van der Waals surface area contributed by atoms with E-state index in [2.05, 4.69) is 40.7 Å². The van der Waals surface area contributed by atoms with Crippen LogP contribution in [0.25, 0.3) is 0 Å². The molecule has 0 aromatic heterocycles. The Balaban J connectivity index is 0.998. The number of hydrogen-bond acceptors (Lipinski definition) is 11. The molecule has 0 heterocycles. The summed E-state index contributed by atoms with van der Waals surface area (Å²) in [7, 11) is -4.32. The second-order valence-electron chi connectivity index (χ2n) is 18.4. The number of unbranched alkanes of at least 4 members (excludes halogenated alkanes) is 1. The van der Waals surface area contributed by atoms with Crippen LogP contribution < -0.4 is 0 Å². The second kappa shape index (κ2) is 25.3. The molecular formula is C45H81O12P. The quantitative estimate of drug-likeness (QED) is 0.0308. The zero-order valence-corrected chi connectivity index (χ0v) is 37.9. The third kappa shape index (κ3) is 15.2. The summed E-state index contributed by atoms with van der Waals surface area (Å²) in [5.74, 6) is 4.90. The lowest BCUT2D eigenvalue weighted by molar-refractivity contribution is -0.151. The van der Waals surface area contributed by atoms with E-state index in [-0.39, 0.29) is 43.9 Å². The summed E-state index contributed by atoms with van der Waals surface area (Å²) in [6.07, 6.45) is 17.6. The van der Waals surface area contributed by atoms with E-state index in [9.17, 15) is 19.4 Å². The predicted molar refractivity (Wildman–Crippen MR) is 224 cm³/mol. The molecular weight excluding hydrogens is 763 g/mol. The van der Waals surface area contributed by atoms with Gasteiger partial charge in [-0.05, 0) is 111 Å². The fourth-order valence-corrected chi connectivity index (χ4v) is 11.9. The van der Waals surface area contributed by atoms with Gasteiger partial charge in [-0.25, -0.2) is 4.57 Å². The van der Waals surface area contributed by atoms with Crippen LogP contribution in [0, 0.1) is 46.3 Å². The molecule has 4 aliphatic carbocycles. The van der Waals surface area contributed by atoms with Crippen LogP contribution in [0.5, 0.6) is 0 Å². The second-order valence-corrected chi connectivity index (χ2v) is 19.8. The molecule has 4 aliphatic rings. The molecule has 0 aromatic carbocycles. The summed E-state index contributed by atoms with van der Waals surface area (Å²) in [6, 6.07) is 0. The van der Waals surface area contributed by atoms with Crippen LogP contribution in [0.4, 0.5) is 0 Å². The van der Waals surface area contributed by atoms with E-state index in [1.54, 1.807) is 12.5 Å². The SMILES string of the molecule is CCOCCOP(=O)(O)OC(CO)COCCOCCOCCOCCCCC(=O)OC1CCC2(C)C(=CCC3C2CCC2(C)C(C(C)CCCC(C)C)CCC32)C1. The molecule has 13 heteroatoms. The molecule has 338 valence electrons. The average molecular weight is 845 g/mol. The predicted octanol–water partition coefficient (Wildman–Crippen LogP) is 8.71. The Hall–Kier alpha value is -0.920. The molecule has 12 nitrogen and oxygen atoms in total. The maximum absolute atomic E-state index is 12.8. The number of ether oxygens (including phenoxy) is 6. The van der Waals surface area contributed by atoms with Gasteiger partial charge in [0.1, 0.15) is 12.2 Å². The van der Waals surface area contributed by atoms with Crippen molar-refractivity contribution in [3.63, 3.8) is 0 Å². The van der Waals surface area contributed by atoms with Crippen molar-refractivity contribution in [2.75, 3.05) is 79.3 Å². The summed E-state index contributed by atoms with van der Waals surface area (Å²) in [5, 5.41) is 9.40. The normalized spacial score (nSPS) is 30.2. The topological polar surface area (TPSA) is 148 Å². The first-order chi connectivity index (χ1) is 27.8. The van der Waals surface area contributed by atoms with Gasteiger partial charge in [-0.2, -0.15) is 0 Å². The van der Waals surface area contributed by atoms with Crippen molar-refractivity contribution < 1.29 is 56.8 Å². The Bertz CT molecular complexity index is 1260. The molecule has 0 amide bonds. The maximum atomic E-state index is 12.8. The molecule has 3 saturated carbocycles. The number of aliphatic hydroxyl groups is 1. The first-order valence-electron chi connectivity index (χ1n) is 22.9. The van der Waals surface area contributed by atoms with Crippen LogP contribution in [0.2, 0.25) is 0 Å². The largest absolute Gasteiger partial charge is 0.472 e. The number of allylic oxidation sites excluding steroid dienone is 1. The zero-order valence-electron chi connectivity index (χ0n) is 37.0. The van der Waals surface area contributed by atoms with Gasteiger partial charge in [0.25, 0.3) is 0 Å². The number of aliphatic hydroxyl groups excluding tert-OH is 1. The smallest absolute Gasteiger partial charge is 0.462 e. The van der Waals surface area contributed by atoms with E-state index >= 15 is 0 Å². The number of carbonyl (C=O) groups is 1. The minimum atomic E-state index is -4.32. The Morgan fingerprint density at radius 1 is 0.828 bits per heavy atom. The van der Waals surface area contributed by atoms with Crippen LogP contribution in [-0.4, -0.2) is 107 Å². The molecule has 58 heavy (non-hydrogen) atoms. The van der Waals surface area contributed by atoms with E-state index in [0.717, 1.165) is 67.6 Å². The van der Waals surface area contributed by atoms with E-state index in [4.69, 9.17) is 37.5 Å². The van der Waals surface area contributed by atoms with Gasteiger partial charge in [-0.15, -0.1) is 0 Å². The lowest BCUT2D eigenvalue weighted by Crippen LogP contribution is -2.51. The van der Waals surface area contributed by atoms with Gasteiger partial charge in [0.05, 0.1) is 66.1 Å². The Morgan fingerprint density at radius 2 is 1.52 bits per heavy atom. The fourth-order valence-electron chi connectivity index (χ4n) is 11.0. The number of hydrogen-bond donors (Lipinski definition) is 2. The summed E-state index contributed by atoms with van der Waals surface area (Å²) >= 11 is 0. The van der Waals surface area contributed by atoms with Crippen LogP contribution in [0.1, 0.15) is 131 Å². The minimum absolute atomic E-state index is 0.00773. The lowest BCUT2D eigenvalue weighted by atomic mass is 9.47. The van der Waals surface area contributed by atoms with Gasteiger partial charge in [-0.1, -0.05) is 65.5 Å². The minimum Gasteiger partial charge on any atom is -0.462 e. The molecule has 10 atom stereocenters. The van der Waals surface area contributed by atoms with Crippen molar-refractivity contribution in [3.8, 4) is 0 Å². The number of rotatable bonds is 30. The van der Waals surface area contributed by atoms with Crippen molar-refractivity contribution in [2.45, 2.75) is 144 Å². The molecule has 10 unspecified atom stereocenters. The van der Waals surface area contributed by atoms with Crippen LogP contribution in [0.3, 0.4) is 0 Å². The number of phosphoric ester groups is 1. The van der Waals surface area contributed by atoms with Gasteiger partial charge in [0.15, 0.2) is 0 Å². The first-order valence-corrected chi connectivity index (χ1v) is 24.4. The monoisotopic (exact) mass is 845 g/mol. The van der Waals surface area contributed by atoms with E-state index in [0.29, 0.717) is 58.1 Å². The average Bonchev–Trinajstić information content (AvgIpc) is 3.54. The van der Waals surface area contributed by atoms with E-state index in [1.165, 1.54) is 51.4 Å². The third-order valence-corrected chi connectivity index (χ3v) is 15.1. The summed E-state index contributed by atoms with van der Waals surface area (Å²) in [5.41, 5.74) is 2.34. The van der Waals surface area contributed by atoms with Gasteiger partial charge < -0.3 is 38.4 Å². The van der Waals surface area contributed by atoms with Gasteiger partial charge >= 0.3 is 13.8 Å². The van der Waals surface area contributed by atoms with Crippen molar-refractivity contribution in [2.24, 2.45) is 46.3 Å². The molecule has 2 N–H and O–H groups in total. The summed E-state index contributed by atoms with van der Waals surface area (Å²) in [6.45, 7) is 17.0. The van der Waals surface area contributed by atoms with Crippen molar-refractivity contribution in [1.82, 2.24) is 0 Å². The number of esters is 1. The van der Waals surface area contributed by atoms with Crippen molar-refractivity contribution >= 4 is 13.8 Å². The molecule has 0 aromatic rings. The molecule has 0 radical (unpaired) electrons. The van der Waals surface area contributed by atoms with Crippen LogP contribution in [0.15, 0.2) is 11.6 Å². The number of fused-ring (bicyclic) bond motifs is 5. The van der Waals surface area contributed by atoms with Crippen LogP contribution in [-0.2, 0) is 46.8 Å². The molecule has 0 aliphatic heterocycles. The van der Waals surface area contributed by atoms with Crippen LogP contribution >= 0.6 is 7.82 Å².